The quantitative estimate of drug-likeness (QED) is 0.316. The molecule has 0 aromatic carbocycles. The third-order valence-corrected chi connectivity index (χ3v) is 8.19. The number of rotatable bonds is 8. The molecule has 6 N–H and O–H groups in total. The number of fused-ring (bicyclic) bond motifs is 1. The summed E-state index contributed by atoms with van der Waals surface area (Å²) in [5.41, 5.74) is 4.41. The van der Waals surface area contributed by atoms with Gasteiger partial charge in [-0.3, -0.25) is 9.09 Å². The summed E-state index contributed by atoms with van der Waals surface area (Å²) in [6.07, 6.45) is 3.45. The molecule has 0 spiro atoms. The van der Waals surface area contributed by atoms with Gasteiger partial charge in [-0.15, -0.1) is 0 Å². The average molecular weight is 503 g/mol. The Kier molecular flexibility index (Phi) is 6.24. The van der Waals surface area contributed by atoms with E-state index in [-0.39, 0.29) is 5.82 Å². The van der Waals surface area contributed by atoms with E-state index in [4.69, 9.17) is 24.8 Å². The van der Waals surface area contributed by atoms with Crippen molar-refractivity contribution in [3.8, 4) is 0 Å². The fraction of sp³-hybridized carbons (Fsp3) is 0.583. The Labute approximate surface area is 174 Å². The number of aromatic nitrogens is 4. The highest BCUT2D eigenvalue weighted by molar-refractivity contribution is 7.66. The number of phosphoric ester groups is 1. The summed E-state index contributed by atoms with van der Waals surface area (Å²) in [7, 11) is -16.3. The van der Waals surface area contributed by atoms with Gasteiger partial charge in [0.15, 0.2) is 11.5 Å². The van der Waals surface area contributed by atoms with Crippen LogP contribution in [0.1, 0.15) is 26.7 Å². The van der Waals surface area contributed by atoms with Gasteiger partial charge >= 0.3 is 23.5 Å². The minimum absolute atomic E-state index is 0.181. The van der Waals surface area contributed by atoms with E-state index in [9.17, 15) is 23.5 Å². The van der Waals surface area contributed by atoms with Crippen LogP contribution in [0, 0.1) is 0 Å². The molecule has 1 aliphatic rings. The molecule has 4 atom stereocenters. The van der Waals surface area contributed by atoms with Gasteiger partial charge in [0.1, 0.15) is 17.6 Å². The molecule has 2 unspecified atom stereocenters. The van der Waals surface area contributed by atoms with E-state index in [0.29, 0.717) is 24.0 Å². The summed E-state index contributed by atoms with van der Waals surface area (Å²) in [6, 6.07) is 0. The van der Waals surface area contributed by atoms with Crippen LogP contribution in [-0.4, -0.2) is 51.3 Å². The van der Waals surface area contributed by atoms with Crippen molar-refractivity contribution in [1.82, 2.24) is 19.5 Å². The van der Waals surface area contributed by atoms with Crippen LogP contribution in [0.4, 0.5) is 5.82 Å². The Morgan fingerprint density at radius 1 is 1.10 bits per heavy atom. The first-order valence-electron chi connectivity index (χ1n) is 8.46. The summed E-state index contributed by atoms with van der Waals surface area (Å²) in [5, 5.41) is 0. The highest BCUT2D eigenvalue weighted by atomic mass is 31.3. The maximum Gasteiger partial charge on any atom is 0.490 e. The lowest BCUT2D eigenvalue weighted by Gasteiger charge is -2.31. The number of hydrogen-bond acceptors (Lipinski definition) is 11. The molecule has 1 saturated heterocycles. The van der Waals surface area contributed by atoms with Crippen LogP contribution in [-0.2, 0) is 37.3 Å². The number of hydrogen-bond donors (Lipinski definition) is 5. The number of imidazole rings is 1. The molecule has 1 fully saturated rings. The van der Waals surface area contributed by atoms with Crippen molar-refractivity contribution in [3.05, 3.63) is 12.7 Å². The minimum Gasteiger partial charge on any atom is -0.382 e. The molecular weight excluding hydrogens is 483 g/mol. The van der Waals surface area contributed by atoms with Gasteiger partial charge in [-0.1, -0.05) is 0 Å². The SMILES string of the molecule is C[C@@]1(COP(=O)(O)OP(=O)(O)OP(=O)(O)O)CC[C@](C)(n2cnc3c(N)ncnc32)O1. The Balaban J connectivity index is 1.71. The first-order valence-corrected chi connectivity index (χ1v) is 13.0. The number of nitrogens with zero attached hydrogens (tertiary/aromatic N) is 4. The number of anilines is 1. The summed E-state index contributed by atoms with van der Waals surface area (Å²) >= 11 is 0. The summed E-state index contributed by atoms with van der Waals surface area (Å²) in [5.74, 6) is 0.181. The summed E-state index contributed by atoms with van der Waals surface area (Å²) in [4.78, 5) is 48.2. The van der Waals surface area contributed by atoms with Crippen LogP contribution >= 0.6 is 23.5 Å². The third kappa shape index (κ3) is 5.75. The van der Waals surface area contributed by atoms with E-state index in [1.807, 2.05) is 0 Å². The molecule has 0 bridgehead atoms. The molecule has 3 heterocycles. The van der Waals surface area contributed by atoms with Gasteiger partial charge in [0.25, 0.3) is 0 Å². The highest BCUT2D eigenvalue weighted by Gasteiger charge is 2.48. The largest absolute Gasteiger partial charge is 0.490 e. The van der Waals surface area contributed by atoms with Crippen LogP contribution in [0.2, 0.25) is 0 Å². The van der Waals surface area contributed by atoms with Crippen LogP contribution in [0.25, 0.3) is 11.2 Å². The van der Waals surface area contributed by atoms with Crippen molar-refractivity contribution < 1.29 is 51.2 Å². The Morgan fingerprint density at radius 2 is 1.77 bits per heavy atom. The van der Waals surface area contributed by atoms with Gasteiger partial charge in [-0.05, 0) is 26.7 Å². The predicted molar refractivity (Wildman–Crippen MR) is 102 cm³/mol. The maximum atomic E-state index is 12.0. The second-order valence-corrected chi connectivity index (χ2v) is 11.6. The lowest BCUT2D eigenvalue weighted by atomic mass is 10.0. The van der Waals surface area contributed by atoms with E-state index in [1.165, 1.54) is 12.7 Å². The van der Waals surface area contributed by atoms with Gasteiger partial charge in [0.05, 0.1) is 18.5 Å². The number of ether oxygens (including phenoxy) is 1. The maximum absolute atomic E-state index is 12.0. The molecule has 174 valence electrons. The van der Waals surface area contributed by atoms with Crippen molar-refractivity contribution in [3.63, 3.8) is 0 Å². The zero-order valence-corrected chi connectivity index (χ0v) is 18.8. The van der Waals surface area contributed by atoms with Crippen LogP contribution < -0.4 is 5.73 Å². The Bertz CT molecular complexity index is 1140. The first-order chi connectivity index (χ1) is 14.0. The van der Waals surface area contributed by atoms with Crippen molar-refractivity contribution in [2.45, 2.75) is 38.0 Å². The normalized spacial score (nSPS) is 28.5. The van der Waals surface area contributed by atoms with Gasteiger partial charge in [0, 0.05) is 0 Å². The molecular formula is C12H20N5O11P3. The van der Waals surface area contributed by atoms with Crippen LogP contribution in [0.15, 0.2) is 12.7 Å². The molecule has 0 saturated carbocycles. The molecule has 0 amide bonds. The van der Waals surface area contributed by atoms with Crippen LogP contribution in [0.5, 0.6) is 0 Å². The number of nitrogen functional groups attached to an aromatic ring is 1. The number of nitrogens with two attached hydrogens (primary N) is 1. The van der Waals surface area contributed by atoms with Gasteiger partial charge in [-0.25, -0.2) is 28.6 Å². The zero-order chi connectivity index (χ0) is 23.3. The zero-order valence-electron chi connectivity index (χ0n) is 16.1. The molecule has 2 aromatic heterocycles. The first kappa shape index (κ1) is 24.4. The fourth-order valence-corrected chi connectivity index (χ4v) is 6.25. The molecule has 3 rings (SSSR count). The lowest BCUT2D eigenvalue weighted by molar-refractivity contribution is -0.143. The van der Waals surface area contributed by atoms with E-state index >= 15 is 0 Å². The smallest absolute Gasteiger partial charge is 0.382 e. The van der Waals surface area contributed by atoms with Gasteiger partial charge < -0.3 is 30.0 Å². The molecule has 1 aliphatic heterocycles. The molecule has 0 aliphatic carbocycles. The monoisotopic (exact) mass is 503 g/mol. The highest BCUT2D eigenvalue weighted by Crippen LogP contribution is 2.66. The lowest BCUT2D eigenvalue weighted by Crippen LogP contribution is -2.37. The van der Waals surface area contributed by atoms with Gasteiger partial charge in [0.2, 0.25) is 0 Å². The second-order valence-electron chi connectivity index (χ2n) is 7.14. The van der Waals surface area contributed by atoms with E-state index < -0.39 is 41.4 Å². The third-order valence-electron chi connectivity index (χ3n) is 4.40. The standard InChI is InChI=1S/C12H20N5O11P3/c1-11(5-25-30(21,22)28-31(23,24)27-29(18,19)20)3-4-12(2,26-11)17-7-16-8-9(13)14-6-15-10(8)17/h6-7H,3-5H2,1-2H3,(H,21,22)(H,23,24)(H2,13,14,15)(H2,18,19,20)/t11-,12+/m0/s1. The number of phosphoric acid groups is 3. The van der Waals surface area contributed by atoms with Crippen molar-refractivity contribution in [2.24, 2.45) is 0 Å². The topological polar surface area (TPSA) is 239 Å². The van der Waals surface area contributed by atoms with E-state index in [1.54, 1.807) is 18.4 Å². The minimum atomic E-state index is -5.60. The molecule has 2 aromatic rings. The predicted octanol–water partition coefficient (Wildman–Crippen LogP) is 0.994. The van der Waals surface area contributed by atoms with E-state index in [0.717, 1.165) is 0 Å². The van der Waals surface area contributed by atoms with Crippen LogP contribution in [0.3, 0.4) is 0 Å². The molecule has 16 nitrogen and oxygen atoms in total. The molecule has 19 heteroatoms. The molecule has 0 radical (unpaired) electrons. The Morgan fingerprint density at radius 3 is 2.42 bits per heavy atom. The average Bonchev–Trinajstić information content (AvgIpc) is 3.14. The second kappa shape index (κ2) is 7.94. The molecule has 31 heavy (non-hydrogen) atoms. The van der Waals surface area contributed by atoms with E-state index in [2.05, 4.69) is 23.6 Å². The fourth-order valence-electron chi connectivity index (χ4n) is 3.12. The summed E-state index contributed by atoms with van der Waals surface area (Å²) < 4.78 is 53.8. The van der Waals surface area contributed by atoms with Crippen molar-refractivity contribution >= 4 is 40.4 Å². The van der Waals surface area contributed by atoms with Crippen molar-refractivity contribution in [2.75, 3.05) is 12.3 Å². The van der Waals surface area contributed by atoms with Gasteiger partial charge in [-0.2, -0.15) is 8.62 Å². The van der Waals surface area contributed by atoms with Crippen molar-refractivity contribution in [1.29, 1.82) is 0 Å². The summed E-state index contributed by atoms with van der Waals surface area (Å²) in [6.45, 7) is 2.71. The Hall–Kier alpha value is -1.28.